The topological polar surface area (TPSA) is 98.4 Å². The van der Waals surface area contributed by atoms with Gasteiger partial charge in [-0.3, -0.25) is 4.68 Å². The average Bonchev–Trinajstić information content (AvgIpc) is 3.50. The molecule has 2 aliphatic rings. The molecule has 1 saturated heterocycles. The maximum absolute atomic E-state index is 12.5. The van der Waals surface area contributed by atoms with Crippen LogP contribution in [-0.2, 0) is 11.8 Å². The summed E-state index contributed by atoms with van der Waals surface area (Å²) >= 11 is 0. The van der Waals surface area contributed by atoms with Gasteiger partial charge in [0.2, 0.25) is 0 Å². The quantitative estimate of drug-likeness (QED) is 0.410. The van der Waals surface area contributed by atoms with Crippen LogP contribution in [-0.4, -0.2) is 68.6 Å². The predicted molar refractivity (Wildman–Crippen MR) is 132 cm³/mol. The van der Waals surface area contributed by atoms with Gasteiger partial charge >= 0.3 is 6.18 Å². The van der Waals surface area contributed by atoms with Crippen molar-refractivity contribution in [1.29, 1.82) is 0 Å². The van der Waals surface area contributed by atoms with Gasteiger partial charge in [-0.2, -0.15) is 18.3 Å². The van der Waals surface area contributed by atoms with Crippen molar-refractivity contribution in [1.82, 2.24) is 24.6 Å². The van der Waals surface area contributed by atoms with Crippen LogP contribution >= 0.6 is 0 Å². The van der Waals surface area contributed by atoms with E-state index in [1.165, 1.54) is 0 Å². The number of nitrogens with one attached hydrogen (secondary N) is 2. The van der Waals surface area contributed by atoms with Gasteiger partial charge in [-0.15, -0.1) is 0 Å². The minimum absolute atomic E-state index is 0.0466. The fourth-order valence-corrected chi connectivity index (χ4v) is 5.02. The summed E-state index contributed by atoms with van der Waals surface area (Å²) in [5.41, 5.74) is 2.51. The first-order valence-corrected chi connectivity index (χ1v) is 12.8. The van der Waals surface area contributed by atoms with Gasteiger partial charge in [0.05, 0.1) is 36.3 Å². The number of benzene rings is 1. The Balaban J connectivity index is 1.23. The molecular formula is C25H33F3N6O3. The van der Waals surface area contributed by atoms with E-state index in [0.29, 0.717) is 43.9 Å². The lowest BCUT2D eigenvalue weighted by Gasteiger charge is -2.30. The third kappa shape index (κ3) is 6.19. The molecule has 2 fully saturated rings. The number of aromatic nitrogens is 4. The molecule has 9 nitrogen and oxygen atoms in total. The van der Waals surface area contributed by atoms with Crippen molar-refractivity contribution in [2.45, 2.75) is 69.0 Å². The van der Waals surface area contributed by atoms with E-state index in [4.69, 9.17) is 14.6 Å². The van der Waals surface area contributed by atoms with Crippen LogP contribution in [0.1, 0.15) is 44.6 Å². The van der Waals surface area contributed by atoms with Gasteiger partial charge in [-0.05, 0) is 38.5 Å². The number of nitrogens with zero attached hydrogens (tertiary/aromatic N) is 4. The fourth-order valence-electron chi connectivity index (χ4n) is 5.02. The molecule has 0 spiro atoms. The Bertz CT molecular complexity index is 1180. The number of rotatable bonds is 8. The number of imidazole rings is 1. The van der Waals surface area contributed by atoms with E-state index in [1.807, 2.05) is 40.7 Å². The number of aryl methyl sites for hydroxylation is 1. The maximum atomic E-state index is 12.5. The first kappa shape index (κ1) is 25.8. The highest BCUT2D eigenvalue weighted by Gasteiger charge is 2.38. The molecule has 37 heavy (non-hydrogen) atoms. The van der Waals surface area contributed by atoms with Crippen LogP contribution in [0.25, 0.3) is 11.0 Å². The third-order valence-electron chi connectivity index (χ3n) is 7.14. The van der Waals surface area contributed by atoms with Gasteiger partial charge in [0.1, 0.15) is 11.3 Å². The summed E-state index contributed by atoms with van der Waals surface area (Å²) in [6, 6.07) is 5.96. The highest BCUT2D eigenvalue weighted by molar-refractivity contribution is 5.91. The highest BCUT2D eigenvalue weighted by Crippen LogP contribution is 2.33. The van der Waals surface area contributed by atoms with Crippen LogP contribution in [0.2, 0.25) is 0 Å². The SMILES string of the molecule is Cn1cnc2c(Nc3ccn(C4CCCOC4)n3)cc(OC3CCC(NCC(O)C(F)(F)F)CC3)cc21. The normalized spacial score (nSPS) is 23.8. The Morgan fingerprint density at radius 2 is 2.03 bits per heavy atom. The van der Waals surface area contributed by atoms with E-state index in [9.17, 15) is 18.3 Å². The minimum atomic E-state index is -4.61. The monoisotopic (exact) mass is 522 g/mol. The summed E-state index contributed by atoms with van der Waals surface area (Å²) in [5, 5.41) is 20.1. The predicted octanol–water partition coefficient (Wildman–Crippen LogP) is 4.07. The molecule has 0 radical (unpaired) electrons. The van der Waals surface area contributed by atoms with E-state index < -0.39 is 18.8 Å². The maximum Gasteiger partial charge on any atom is 0.415 e. The van der Waals surface area contributed by atoms with E-state index in [1.54, 1.807) is 6.33 Å². The Labute approximate surface area is 212 Å². The zero-order valence-electron chi connectivity index (χ0n) is 20.7. The van der Waals surface area contributed by atoms with E-state index in [2.05, 4.69) is 15.6 Å². The summed E-state index contributed by atoms with van der Waals surface area (Å²) in [5.74, 6) is 1.41. The van der Waals surface area contributed by atoms with Gasteiger partial charge in [0.15, 0.2) is 11.9 Å². The number of alkyl halides is 3. The van der Waals surface area contributed by atoms with Gasteiger partial charge in [-0.25, -0.2) is 4.98 Å². The van der Waals surface area contributed by atoms with E-state index >= 15 is 0 Å². The summed E-state index contributed by atoms with van der Waals surface area (Å²) in [6.45, 7) is 0.970. The summed E-state index contributed by atoms with van der Waals surface area (Å²) in [7, 11) is 1.92. The largest absolute Gasteiger partial charge is 0.490 e. The molecule has 5 rings (SSSR count). The van der Waals surface area contributed by atoms with Gasteiger partial charge in [0.25, 0.3) is 0 Å². The molecule has 1 aromatic carbocycles. The molecule has 2 unspecified atom stereocenters. The Morgan fingerprint density at radius 3 is 2.76 bits per heavy atom. The smallest absolute Gasteiger partial charge is 0.415 e. The first-order chi connectivity index (χ1) is 17.8. The molecule has 1 aliphatic heterocycles. The Hall–Kier alpha value is -2.83. The van der Waals surface area contributed by atoms with Gasteiger partial charge in [-0.1, -0.05) is 0 Å². The molecule has 2 atom stereocenters. The standard InChI is InChI=1S/C25H33F3N6O3/c1-33-15-30-24-20(31-23-8-9-34(32-23)17-3-2-10-36-14-17)11-19(12-21(24)33)37-18-6-4-16(5-7-18)29-13-22(35)25(26,27)28/h8-9,11-12,15-18,22,29,35H,2-7,10,13-14H2,1H3,(H,31,32). The van der Waals surface area contributed by atoms with Crippen LogP contribution in [0.15, 0.2) is 30.7 Å². The molecule has 2 aromatic heterocycles. The molecule has 12 heteroatoms. The molecule has 1 saturated carbocycles. The lowest BCUT2D eigenvalue weighted by molar-refractivity contribution is -0.202. The Morgan fingerprint density at radius 1 is 1.22 bits per heavy atom. The molecule has 3 heterocycles. The van der Waals surface area contributed by atoms with Crippen molar-refractivity contribution in [2.24, 2.45) is 7.05 Å². The van der Waals surface area contributed by atoms with Crippen molar-refractivity contribution in [3.05, 3.63) is 30.7 Å². The summed E-state index contributed by atoms with van der Waals surface area (Å²) in [6.07, 6.45) is 1.54. The van der Waals surface area contributed by atoms with Crippen molar-refractivity contribution >= 4 is 22.5 Å². The fraction of sp³-hybridized carbons (Fsp3) is 0.600. The number of aliphatic hydroxyl groups is 1. The summed E-state index contributed by atoms with van der Waals surface area (Å²) in [4.78, 5) is 4.54. The molecule has 3 N–H and O–H groups in total. The van der Waals surface area contributed by atoms with Crippen LogP contribution in [0.3, 0.4) is 0 Å². The minimum Gasteiger partial charge on any atom is -0.490 e. The lowest BCUT2D eigenvalue weighted by atomic mass is 9.93. The van der Waals surface area contributed by atoms with Crippen molar-refractivity contribution in [2.75, 3.05) is 25.1 Å². The second-order valence-electron chi connectivity index (χ2n) is 9.93. The molecule has 0 bridgehead atoms. The number of hydrogen-bond donors (Lipinski definition) is 3. The zero-order chi connectivity index (χ0) is 26.0. The second-order valence-corrected chi connectivity index (χ2v) is 9.93. The number of fused-ring (bicyclic) bond motifs is 1. The molecular weight excluding hydrogens is 489 g/mol. The van der Waals surface area contributed by atoms with Gasteiger partial charge < -0.3 is 29.8 Å². The summed E-state index contributed by atoms with van der Waals surface area (Å²) < 4.78 is 53.4. The van der Waals surface area contributed by atoms with Crippen LogP contribution in [0.4, 0.5) is 24.7 Å². The first-order valence-electron chi connectivity index (χ1n) is 12.8. The zero-order valence-corrected chi connectivity index (χ0v) is 20.7. The second kappa shape index (κ2) is 10.9. The number of hydrogen-bond acceptors (Lipinski definition) is 7. The highest BCUT2D eigenvalue weighted by atomic mass is 19.4. The lowest BCUT2D eigenvalue weighted by Crippen LogP contribution is -2.44. The molecule has 3 aromatic rings. The van der Waals surface area contributed by atoms with Crippen molar-refractivity contribution in [3.8, 4) is 5.75 Å². The number of ether oxygens (including phenoxy) is 2. The van der Waals surface area contributed by atoms with Crippen LogP contribution < -0.4 is 15.4 Å². The average molecular weight is 523 g/mol. The number of aliphatic hydroxyl groups excluding tert-OH is 1. The molecule has 0 amide bonds. The number of anilines is 2. The van der Waals surface area contributed by atoms with Crippen LogP contribution in [0, 0.1) is 0 Å². The van der Waals surface area contributed by atoms with Crippen molar-refractivity contribution in [3.63, 3.8) is 0 Å². The molecule has 202 valence electrons. The molecule has 1 aliphatic carbocycles. The Kier molecular flexibility index (Phi) is 7.59. The van der Waals surface area contributed by atoms with Crippen molar-refractivity contribution < 1.29 is 27.8 Å². The van der Waals surface area contributed by atoms with Crippen LogP contribution in [0.5, 0.6) is 5.75 Å². The number of halogens is 3. The van der Waals surface area contributed by atoms with E-state index in [-0.39, 0.29) is 18.2 Å². The van der Waals surface area contributed by atoms with E-state index in [0.717, 1.165) is 36.2 Å². The van der Waals surface area contributed by atoms with Gasteiger partial charge in [0, 0.05) is 50.6 Å². The third-order valence-corrected chi connectivity index (χ3v) is 7.14.